The highest BCUT2D eigenvalue weighted by Gasteiger charge is 2.36. The molecule has 0 aliphatic rings. The number of halogens is 1. The summed E-state index contributed by atoms with van der Waals surface area (Å²) in [6.45, 7) is 0.0190. The summed E-state index contributed by atoms with van der Waals surface area (Å²) < 4.78 is 31.5. The fourth-order valence-corrected chi connectivity index (χ4v) is 4.14. The third kappa shape index (κ3) is 5.79. The monoisotopic (exact) mass is 540 g/mol. The van der Waals surface area contributed by atoms with Gasteiger partial charge in [-0.3, -0.25) is 4.79 Å². The van der Waals surface area contributed by atoms with E-state index in [2.05, 4.69) is 5.32 Å². The molecule has 40 heavy (non-hydrogen) atoms. The highest BCUT2D eigenvalue weighted by atomic mass is 19.1. The summed E-state index contributed by atoms with van der Waals surface area (Å²) in [4.78, 5) is 25.2. The number of furan rings is 1. The largest absolute Gasteiger partial charge is 0.488 e. The molecule has 0 aliphatic heterocycles. The minimum Gasteiger partial charge on any atom is -0.488 e. The van der Waals surface area contributed by atoms with Crippen molar-refractivity contribution in [3.05, 3.63) is 115 Å². The van der Waals surface area contributed by atoms with Crippen LogP contribution in [0.5, 0.6) is 11.5 Å². The Bertz CT molecular complexity index is 1600. The first-order chi connectivity index (χ1) is 19.5. The summed E-state index contributed by atoms with van der Waals surface area (Å²) >= 11 is 0. The van der Waals surface area contributed by atoms with E-state index in [1.165, 1.54) is 12.1 Å². The Morgan fingerprint density at radius 2 is 1.65 bits per heavy atom. The molecule has 1 aromatic heterocycles. The van der Waals surface area contributed by atoms with Gasteiger partial charge < -0.3 is 24.9 Å². The second kappa shape index (κ2) is 11.7. The van der Waals surface area contributed by atoms with Gasteiger partial charge in [-0.2, -0.15) is 4.48 Å². The van der Waals surface area contributed by atoms with E-state index in [0.29, 0.717) is 40.6 Å². The molecule has 4 aromatic carbocycles. The van der Waals surface area contributed by atoms with Gasteiger partial charge in [0.2, 0.25) is 6.73 Å². The number of amides is 2. The van der Waals surface area contributed by atoms with E-state index in [1.54, 1.807) is 72.8 Å². The van der Waals surface area contributed by atoms with Crippen LogP contribution in [0.1, 0.15) is 10.4 Å². The number of nitrogens with one attached hydrogen (secondary N) is 1. The van der Waals surface area contributed by atoms with Crippen LogP contribution in [0.15, 0.2) is 108 Å². The molecule has 5 aromatic rings. The van der Waals surface area contributed by atoms with Gasteiger partial charge in [0, 0.05) is 10.9 Å². The lowest BCUT2D eigenvalue weighted by Gasteiger charge is -2.28. The number of nitrogens with zero attached hydrogens (tertiary/aromatic N) is 1. The predicted molar refractivity (Wildman–Crippen MR) is 152 cm³/mol. The van der Waals surface area contributed by atoms with Crippen LogP contribution in [0.4, 0.5) is 21.6 Å². The summed E-state index contributed by atoms with van der Waals surface area (Å²) in [5.74, 6) is 0.0143. The maximum absolute atomic E-state index is 14.2. The number of benzene rings is 4. The van der Waals surface area contributed by atoms with Crippen molar-refractivity contribution in [2.45, 2.75) is 0 Å². The molecule has 0 saturated heterocycles. The fraction of sp³-hybridized carbons (Fsp3) is 0.0968. The van der Waals surface area contributed by atoms with Crippen molar-refractivity contribution in [2.24, 2.45) is 0 Å². The lowest BCUT2D eigenvalue weighted by Crippen LogP contribution is -2.53. The topological polar surface area (TPSA) is 104 Å². The van der Waals surface area contributed by atoms with Crippen LogP contribution < -0.4 is 25.0 Å². The zero-order valence-corrected chi connectivity index (χ0v) is 21.5. The average Bonchev–Trinajstić information content (AvgIpc) is 3.42. The molecule has 202 valence electrons. The van der Waals surface area contributed by atoms with Crippen LogP contribution in [0.25, 0.3) is 11.0 Å². The Morgan fingerprint density at radius 1 is 0.925 bits per heavy atom. The summed E-state index contributed by atoms with van der Waals surface area (Å²) in [5.41, 5.74) is 7.93. The number of nitrogens with two attached hydrogens (primary N) is 1. The predicted octanol–water partition coefficient (Wildman–Crippen LogP) is 5.99. The third-order valence-corrected chi connectivity index (χ3v) is 6.42. The Morgan fingerprint density at radius 3 is 2.40 bits per heavy atom. The molecule has 1 heterocycles. The SMILES string of the molecule is Nc1ccccc1NC(=O)c1ccc(OCC[N+](C=O)(COc2ccccc2F)c2cc3ccccc3o2)cc1. The van der Waals surface area contributed by atoms with Crippen molar-refractivity contribution in [1.29, 1.82) is 0 Å². The van der Waals surface area contributed by atoms with Gasteiger partial charge in [0.05, 0.1) is 17.4 Å². The molecule has 1 atom stereocenters. The Balaban J connectivity index is 1.29. The fourth-order valence-electron chi connectivity index (χ4n) is 4.14. The number of carbonyl (C=O) groups excluding carboxylic acids is 2. The Kier molecular flexibility index (Phi) is 7.75. The van der Waals surface area contributed by atoms with Crippen molar-refractivity contribution in [2.75, 3.05) is 30.9 Å². The first-order valence-electron chi connectivity index (χ1n) is 12.6. The number of hydrogen-bond donors (Lipinski definition) is 2. The van der Waals surface area contributed by atoms with E-state index >= 15 is 0 Å². The van der Waals surface area contributed by atoms with Gasteiger partial charge in [-0.25, -0.2) is 9.18 Å². The number of ether oxygens (including phenoxy) is 2. The molecule has 2 amide bonds. The maximum atomic E-state index is 14.2. The number of quaternary nitrogens is 1. The van der Waals surface area contributed by atoms with E-state index in [9.17, 15) is 14.0 Å². The average molecular weight is 541 g/mol. The molecule has 0 aliphatic carbocycles. The molecule has 8 nitrogen and oxygen atoms in total. The normalized spacial score (nSPS) is 12.4. The highest BCUT2D eigenvalue weighted by molar-refractivity contribution is 6.05. The Labute approximate surface area is 229 Å². The van der Waals surface area contributed by atoms with E-state index in [-0.39, 0.29) is 31.5 Å². The summed E-state index contributed by atoms with van der Waals surface area (Å²) in [6.07, 6.45) is 0.699. The quantitative estimate of drug-likeness (QED) is 0.0924. The van der Waals surface area contributed by atoms with Gasteiger partial charge in [0.15, 0.2) is 11.6 Å². The zero-order valence-electron chi connectivity index (χ0n) is 21.5. The van der Waals surface area contributed by atoms with Crippen LogP contribution in [0.2, 0.25) is 0 Å². The number of anilines is 2. The van der Waals surface area contributed by atoms with Crippen molar-refractivity contribution < 1.29 is 27.9 Å². The highest BCUT2D eigenvalue weighted by Crippen LogP contribution is 2.31. The van der Waals surface area contributed by atoms with Gasteiger partial charge in [-0.05, 0) is 54.6 Å². The van der Waals surface area contributed by atoms with Crippen molar-refractivity contribution >= 4 is 40.5 Å². The van der Waals surface area contributed by atoms with Gasteiger partial charge in [-0.15, -0.1) is 0 Å². The minimum absolute atomic E-state index is 0.0232. The lowest BCUT2D eigenvalue weighted by molar-refractivity contribution is -0.121. The van der Waals surface area contributed by atoms with Crippen LogP contribution in [0.3, 0.4) is 0 Å². The molecule has 0 saturated carbocycles. The van der Waals surface area contributed by atoms with Crippen molar-refractivity contribution in [1.82, 2.24) is 4.48 Å². The van der Waals surface area contributed by atoms with Gasteiger partial charge in [-0.1, -0.05) is 42.5 Å². The zero-order chi connectivity index (χ0) is 28.0. The van der Waals surface area contributed by atoms with Gasteiger partial charge >= 0.3 is 12.3 Å². The maximum Gasteiger partial charge on any atom is 0.312 e. The van der Waals surface area contributed by atoms with Crippen LogP contribution in [-0.4, -0.2) is 32.2 Å². The molecule has 0 fully saturated rings. The van der Waals surface area contributed by atoms with Gasteiger partial charge in [0.1, 0.15) is 24.5 Å². The van der Waals surface area contributed by atoms with E-state index < -0.39 is 10.3 Å². The number of para-hydroxylation sites is 4. The molecule has 1 unspecified atom stereocenters. The van der Waals surface area contributed by atoms with Crippen LogP contribution >= 0.6 is 0 Å². The Hall–Kier alpha value is -5.15. The smallest absolute Gasteiger partial charge is 0.312 e. The van der Waals surface area contributed by atoms with Gasteiger partial charge in [0.25, 0.3) is 5.91 Å². The number of fused-ring (bicyclic) bond motifs is 1. The number of nitrogen functional groups attached to an aromatic ring is 1. The second-order valence-electron chi connectivity index (χ2n) is 9.10. The standard InChI is InChI=1S/C31H26FN3O5/c32-25-8-2-6-12-29(25)39-21-35(20-36,30-19-23-7-1-5-11-28(23)40-30)17-18-38-24-15-13-22(14-16-24)31(37)34-27-10-4-3-9-26(27)33/h1-16,19-20H,17-18,21,33H2/p+1. The molecule has 0 spiro atoms. The molecule has 3 N–H and O–H groups in total. The second-order valence-corrected chi connectivity index (χ2v) is 9.10. The van der Waals surface area contributed by atoms with Crippen molar-refractivity contribution in [3.63, 3.8) is 0 Å². The lowest BCUT2D eigenvalue weighted by atomic mass is 10.2. The first kappa shape index (κ1) is 26.5. The van der Waals surface area contributed by atoms with E-state index in [0.717, 1.165) is 5.39 Å². The number of hydrogen-bond acceptors (Lipinski definition) is 6. The summed E-state index contributed by atoms with van der Waals surface area (Å²) in [7, 11) is 0. The van der Waals surface area contributed by atoms with E-state index in [4.69, 9.17) is 19.6 Å². The summed E-state index contributed by atoms with van der Waals surface area (Å²) in [6, 6.07) is 28.7. The van der Waals surface area contributed by atoms with Crippen molar-refractivity contribution in [3.8, 4) is 11.5 Å². The number of carbonyl (C=O) groups is 2. The molecular weight excluding hydrogens is 513 g/mol. The van der Waals surface area contributed by atoms with Crippen LogP contribution in [-0.2, 0) is 4.79 Å². The molecular formula is C31H27FN3O5+. The van der Waals surface area contributed by atoms with E-state index in [1.807, 2.05) is 18.2 Å². The molecule has 9 heteroatoms. The minimum atomic E-state index is -0.536. The van der Waals surface area contributed by atoms with Crippen LogP contribution in [0, 0.1) is 5.82 Å². The number of rotatable bonds is 11. The molecule has 0 radical (unpaired) electrons. The molecule has 0 bridgehead atoms. The summed E-state index contributed by atoms with van der Waals surface area (Å²) in [5, 5.41) is 3.60. The molecule has 5 rings (SSSR count). The third-order valence-electron chi connectivity index (χ3n) is 6.42. The first-order valence-corrected chi connectivity index (χ1v) is 12.6.